The van der Waals surface area contributed by atoms with Gasteiger partial charge in [-0.2, -0.15) is 0 Å². The number of ether oxygens (including phenoxy) is 1. The number of hydrogen-bond acceptors (Lipinski definition) is 4. The van der Waals surface area contributed by atoms with Crippen LogP contribution in [0.15, 0.2) is 54.7 Å². The molecule has 0 saturated carbocycles. The molecule has 3 aromatic rings. The minimum atomic E-state index is -0.444. The van der Waals surface area contributed by atoms with Crippen molar-refractivity contribution in [3.8, 4) is 0 Å². The van der Waals surface area contributed by atoms with E-state index < -0.39 is 6.09 Å². The summed E-state index contributed by atoms with van der Waals surface area (Å²) in [4.78, 5) is 30.2. The minimum Gasteiger partial charge on any atom is -0.449 e. The van der Waals surface area contributed by atoms with Crippen LogP contribution in [0.3, 0.4) is 0 Å². The molecule has 0 bridgehead atoms. The third-order valence-corrected chi connectivity index (χ3v) is 6.02. The number of nitrogens with one attached hydrogen (secondary N) is 2. The summed E-state index contributed by atoms with van der Waals surface area (Å²) in [5.74, 6) is 0.268. The first-order chi connectivity index (χ1) is 15.1. The number of Topliss-reactive ketones (excluding diaryl/α,β-unsaturated/α-hetero) is 1. The maximum absolute atomic E-state index is 12.6. The van der Waals surface area contributed by atoms with E-state index in [0.717, 1.165) is 61.1 Å². The molecule has 2 heterocycles. The molecule has 0 unspecified atom stereocenters. The van der Waals surface area contributed by atoms with Gasteiger partial charge in [0, 0.05) is 40.1 Å². The molecule has 6 nitrogen and oxygen atoms in total. The summed E-state index contributed by atoms with van der Waals surface area (Å²) in [6.07, 6.45) is 3.86. The molecule has 0 atom stereocenters. The lowest BCUT2D eigenvalue weighted by Crippen LogP contribution is -2.37. The van der Waals surface area contributed by atoms with Gasteiger partial charge in [-0.3, -0.25) is 10.1 Å². The number of likely N-dealkylation sites (tertiary alicyclic amines) is 1. The second kappa shape index (κ2) is 9.98. The number of rotatable bonds is 7. The van der Waals surface area contributed by atoms with Crippen LogP contribution >= 0.6 is 11.6 Å². The number of carbonyl (C=O) groups is 2. The van der Waals surface area contributed by atoms with E-state index in [2.05, 4.69) is 15.2 Å². The van der Waals surface area contributed by atoms with Crippen molar-refractivity contribution in [1.29, 1.82) is 0 Å². The topological polar surface area (TPSA) is 74.4 Å². The number of aromatic nitrogens is 1. The predicted octanol–water partition coefficient (Wildman–Crippen LogP) is 5.35. The number of hydrogen-bond donors (Lipinski definition) is 2. The normalized spacial score (nSPS) is 15.1. The first-order valence-electron chi connectivity index (χ1n) is 10.6. The molecule has 7 heteroatoms. The van der Waals surface area contributed by atoms with Crippen molar-refractivity contribution < 1.29 is 14.3 Å². The molecule has 0 radical (unpaired) electrons. The monoisotopic (exact) mass is 439 g/mol. The number of carbonyl (C=O) groups excluding carboxylic acids is 2. The zero-order chi connectivity index (χ0) is 21.6. The summed E-state index contributed by atoms with van der Waals surface area (Å²) in [5, 5.41) is 4.40. The Morgan fingerprint density at radius 2 is 1.87 bits per heavy atom. The van der Waals surface area contributed by atoms with Crippen molar-refractivity contribution in [2.45, 2.75) is 19.3 Å². The van der Waals surface area contributed by atoms with Crippen LogP contribution in [0, 0.1) is 5.92 Å². The molecule has 1 aliphatic heterocycles. The van der Waals surface area contributed by atoms with Crippen molar-refractivity contribution in [3.63, 3.8) is 0 Å². The second-order valence-corrected chi connectivity index (χ2v) is 8.28. The number of ketones is 1. The van der Waals surface area contributed by atoms with Gasteiger partial charge in [0.2, 0.25) is 0 Å². The lowest BCUT2D eigenvalue weighted by Gasteiger charge is -2.31. The van der Waals surface area contributed by atoms with Gasteiger partial charge in [-0.1, -0.05) is 17.7 Å². The molecule has 0 spiro atoms. The highest BCUT2D eigenvalue weighted by Crippen LogP contribution is 2.24. The Kier molecular flexibility index (Phi) is 6.89. The Hall–Kier alpha value is -2.83. The largest absolute Gasteiger partial charge is 0.449 e. The first kappa shape index (κ1) is 21.4. The maximum atomic E-state index is 12.6. The smallest absolute Gasteiger partial charge is 0.411 e. The standard InChI is InChI=1S/C24H26ClN3O3/c25-19-7-5-17(6-8-19)23(29)18-10-14-28(15-11-18)13-2-16-31-24(30)27-22-4-1-3-21-20(22)9-12-26-21/h1,3-9,12,18,26H,2,10-11,13-16H2,(H,27,30). The van der Waals surface area contributed by atoms with Crippen LogP contribution in [0.5, 0.6) is 0 Å². The highest BCUT2D eigenvalue weighted by atomic mass is 35.5. The number of anilines is 1. The van der Waals surface area contributed by atoms with E-state index in [1.807, 2.05) is 30.5 Å². The zero-order valence-corrected chi connectivity index (χ0v) is 18.0. The molecule has 31 heavy (non-hydrogen) atoms. The highest BCUT2D eigenvalue weighted by molar-refractivity contribution is 6.30. The van der Waals surface area contributed by atoms with Gasteiger partial charge in [0.1, 0.15) is 0 Å². The number of benzene rings is 2. The lowest BCUT2D eigenvalue weighted by atomic mass is 9.89. The Balaban J connectivity index is 1.15. The van der Waals surface area contributed by atoms with Gasteiger partial charge in [0.25, 0.3) is 0 Å². The Bertz CT molecular complexity index is 1040. The van der Waals surface area contributed by atoms with Crippen molar-refractivity contribution in [2.75, 3.05) is 31.6 Å². The Morgan fingerprint density at radius 1 is 1.10 bits per heavy atom. The number of amides is 1. The number of aromatic amines is 1. The molecule has 1 amide bonds. The van der Waals surface area contributed by atoms with E-state index in [-0.39, 0.29) is 11.7 Å². The van der Waals surface area contributed by atoms with E-state index in [9.17, 15) is 9.59 Å². The molecular formula is C24H26ClN3O3. The van der Waals surface area contributed by atoms with Gasteiger partial charge < -0.3 is 14.6 Å². The van der Waals surface area contributed by atoms with Gasteiger partial charge in [-0.05, 0) is 74.8 Å². The molecule has 4 rings (SSSR count). The number of nitrogens with zero attached hydrogens (tertiary/aromatic N) is 1. The summed E-state index contributed by atoms with van der Waals surface area (Å²) >= 11 is 5.91. The minimum absolute atomic E-state index is 0.0654. The number of fused-ring (bicyclic) bond motifs is 1. The number of H-pyrrole nitrogens is 1. The van der Waals surface area contributed by atoms with Crippen LogP contribution < -0.4 is 5.32 Å². The molecule has 0 aliphatic carbocycles. The van der Waals surface area contributed by atoms with Gasteiger partial charge in [-0.25, -0.2) is 4.79 Å². The third kappa shape index (κ3) is 5.46. The maximum Gasteiger partial charge on any atom is 0.411 e. The Labute approximate surface area is 186 Å². The van der Waals surface area contributed by atoms with Crippen molar-refractivity contribution in [1.82, 2.24) is 9.88 Å². The summed E-state index contributed by atoms with van der Waals surface area (Å²) < 4.78 is 5.34. The summed E-state index contributed by atoms with van der Waals surface area (Å²) in [7, 11) is 0. The van der Waals surface area contributed by atoms with Crippen molar-refractivity contribution >= 4 is 40.1 Å². The van der Waals surface area contributed by atoms with E-state index in [1.54, 1.807) is 24.3 Å². The summed E-state index contributed by atoms with van der Waals surface area (Å²) in [5.41, 5.74) is 2.43. The fraction of sp³-hybridized carbons (Fsp3) is 0.333. The fourth-order valence-electron chi connectivity index (χ4n) is 4.06. The van der Waals surface area contributed by atoms with Gasteiger partial charge in [0.15, 0.2) is 5.78 Å². The Morgan fingerprint density at radius 3 is 2.65 bits per heavy atom. The SMILES string of the molecule is O=C(Nc1cccc2[nH]ccc12)OCCCN1CCC(C(=O)c2ccc(Cl)cc2)CC1. The zero-order valence-electron chi connectivity index (χ0n) is 17.3. The van der Waals surface area contributed by atoms with Crippen LogP contribution in [0.1, 0.15) is 29.6 Å². The number of halogens is 1. The first-order valence-corrected chi connectivity index (χ1v) is 11.0. The van der Waals surface area contributed by atoms with Crippen LogP contribution in [-0.2, 0) is 4.74 Å². The van der Waals surface area contributed by atoms with Crippen LogP contribution in [0.2, 0.25) is 5.02 Å². The molecule has 2 aromatic carbocycles. The quantitative estimate of drug-likeness (QED) is 0.384. The van der Waals surface area contributed by atoms with E-state index >= 15 is 0 Å². The second-order valence-electron chi connectivity index (χ2n) is 7.85. The summed E-state index contributed by atoms with van der Waals surface area (Å²) in [6, 6.07) is 14.7. The van der Waals surface area contributed by atoms with E-state index in [0.29, 0.717) is 11.6 Å². The molecule has 2 N–H and O–H groups in total. The molecule has 1 aromatic heterocycles. The number of piperidine rings is 1. The van der Waals surface area contributed by atoms with E-state index in [1.165, 1.54) is 0 Å². The average Bonchev–Trinajstić information content (AvgIpc) is 3.27. The van der Waals surface area contributed by atoms with Gasteiger partial charge in [-0.15, -0.1) is 0 Å². The molecule has 1 fully saturated rings. The lowest BCUT2D eigenvalue weighted by molar-refractivity contribution is 0.0830. The highest BCUT2D eigenvalue weighted by Gasteiger charge is 2.25. The fourth-order valence-corrected chi connectivity index (χ4v) is 4.19. The van der Waals surface area contributed by atoms with Gasteiger partial charge in [0.05, 0.1) is 12.3 Å². The van der Waals surface area contributed by atoms with Gasteiger partial charge >= 0.3 is 6.09 Å². The predicted molar refractivity (Wildman–Crippen MR) is 123 cm³/mol. The average molecular weight is 440 g/mol. The summed E-state index contributed by atoms with van der Waals surface area (Å²) in [6.45, 7) is 2.97. The van der Waals surface area contributed by atoms with Crippen LogP contribution in [0.4, 0.5) is 10.5 Å². The molecule has 1 saturated heterocycles. The van der Waals surface area contributed by atoms with Crippen LogP contribution in [0.25, 0.3) is 10.9 Å². The van der Waals surface area contributed by atoms with Crippen molar-refractivity contribution in [3.05, 3.63) is 65.3 Å². The third-order valence-electron chi connectivity index (χ3n) is 5.77. The van der Waals surface area contributed by atoms with Crippen LogP contribution in [-0.4, -0.2) is 48.0 Å². The molecular weight excluding hydrogens is 414 g/mol. The molecule has 162 valence electrons. The van der Waals surface area contributed by atoms with E-state index in [4.69, 9.17) is 16.3 Å². The van der Waals surface area contributed by atoms with Crippen molar-refractivity contribution in [2.24, 2.45) is 5.92 Å². The molecule has 1 aliphatic rings.